The Labute approximate surface area is 187 Å². The number of amides is 2. The zero-order valence-electron chi connectivity index (χ0n) is 16.2. The molecule has 30 heavy (non-hydrogen) atoms. The number of hydrogen-bond donors (Lipinski definition) is 2. The second-order valence-corrected chi connectivity index (χ2v) is 9.18. The Hall–Kier alpha value is -2.58. The monoisotopic (exact) mass is 484 g/mol. The van der Waals surface area contributed by atoms with E-state index < -0.39 is 6.04 Å². The molecule has 0 spiro atoms. The Morgan fingerprint density at radius 2 is 1.90 bits per heavy atom. The molecule has 1 aliphatic rings. The van der Waals surface area contributed by atoms with Crippen molar-refractivity contribution < 1.29 is 9.59 Å². The summed E-state index contributed by atoms with van der Waals surface area (Å²) in [5.41, 5.74) is 1.90. The van der Waals surface area contributed by atoms with Gasteiger partial charge in [-0.3, -0.25) is 14.9 Å². The SMILES string of the molecule is O=C(NC(Cc1ccccc1)C(=O)Nc1nnc(-c2cccc(Br)c2)s1)C1CCC1. The molecule has 1 saturated carbocycles. The van der Waals surface area contributed by atoms with Crippen LogP contribution in [0.1, 0.15) is 24.8 Å². The van der Waals surface area contributed by atoms with Crippen LogP contribution in [0.4, 0.5) is 5.13 Å². The number of halogens is 1. The molecule has 2 aromatic carbocycles. The van der Waals surface area contributed by atoms with Crippen molar-refractivity contribution in [3.8, 4) is 10.6 Å². The highest BCUT2D eigenvalue weighted by Crippen LogP contribution is 2.29. The van der Waals surface area contributed by atoms with Crippen molar-refractivity contribution in [1.82, 2.24) is 15.5 Å². The minimum Gasteiger partial charge on any atom is -0.344 e. The van der Waals surface area contributed by atoms with E-state index in [1.807, 2.05) is 54.6 Å². The fourth-order valence-corrected chi connectivity index (χ4v) is 4.37. The molecule has 1 aliphatic carbocycles. The van der Waals surface area contributed by atoms with E-state index in [9.17, 15) is 9.59 Å². The van der Waals surface area contributed by atoms with E-state index in [1.165, 1.54) is 11.3 Å². The van der Waals surface area contributed by atoms with Gasteiger partial charge in [-0.1, -0.05) is 76.2 Å². The lowest BCUT2D eigenvalue weighted by Crippen LogP contribution is -2.48. The highest BCUT2D eigenvalue weighted by molar-refractivity contribution is 9.10. The molecular weight excluding hydrogens is 464 g/mol. The summed E-state index contributed by atoms with van der Waals surface area (Å²) in [4.78, 5) is 25.5. The first-order chi connectivity index (χ1) is 14.6. The molecule has 2 N–H and O–H groups in total. The van der Waals surface area contributed by atoms with Gasteiger partial charge in [0, 0.05) is 22.4 Å². The molecule has 2 amide bonds. The number of carbonyl (C=O) groups is 2. The van der Waals surface area contributed by atoms with Crippen LogP contribution in [0.5, 0.6) is 0 Å². The maximum Gasteiger partial charge on any atom is 0.249 e. The number of carbonyl (C=O) groups excluding carboxylic acids is 2. The van der Waals surface area contributed by atoms with Gasteiger partial charge in [-0.25, -0.2) is 0 Å². The first kappa shape index (κ1) is 20.7. The van der Waals surface area contributed by atoms with Crippen LogP contribution in [0, 0.1) is 5.92 Å². The first-order valence-electron chi connectivity index (χ1n) is 9.83. The zero-order valence-corrected chi connectivity index (χ0v) is 18.6. The van der Waals surface area contributed by atoms with E-state index in [0.717, 1.165) is 34.9 Å². The molecule has 4 rings (SSSR count). The van der Waals surface area contributed by atoms with Crippen LogP contribution >= 0.6 is 27.3 Å². The second-order valence-electron chi connectivity index (χ2n) is 7.29. The third-order valence-electron chi connectivity index (χ3n) is 5.12. The Bertz CT molecular complexity index is 1040. The molecule has 0 bridgehead atoms. The number of hydrogen-bond acceptors (Lipinski definition) is 5. The van der Waals surface area contributed by atoms with Gasteiger partial charge in [0.1, 0.15) is 11.0 Å². The highest BCUT2D eigenvalue weighted by Gasteiger charge is 2.29. The molecule has 0 aliphatic heterocycles. The molecule has 1 aromatic heterocycles. The van der Waals surface area contributed by atoms with Crippen molar-refractivity contribution >= 4 is 44.2 Å². The Morgan fingerprint density at radius 1 is 1.10 bits per heavy atom. The van der Waals surface area contributed by atoms with Crippen LogP contribution in [0.25, 0.3) is 10.6 Å². The molecule has 1 heterocycles. The highest BCUT2D eigenvalue weighted by atomic mass is 79.9. The van der Waals surface area contributed by atoms with Gasteiger partial charge in [-0.15, -0.1) is 10.2 Å². The van der Waals surface area contributed by atoms with Gasteiger partial charge in [-0.2, -0.15) is 0 Å². The number of nitrogens with zero attached hydrogens (tertiary/aromatic N) is 2. The van der Waals surface area contributed by atoms with Crippen molar-refractivity contribution in [2.45, 2.75) is 31.7 Å². The van der Waals surface area contributed by atoms with E-state index in [4.69, 9.17) is 0 Å². The molecule has 1 unspecified atom stereocenters. The fourth-order valence-electron chi connectivity index (χ4n) is 3.22. The van der Waals surface area contributed by atoms with Gasteiger partial charge < -0.3 is 5.32 Å². The summed E-state index contributed by atoms with van der Waals surface area (Å²) in [6.45, 7) is 0. The van der Waals surface area contributed by atoms with Crippen LogP contribution in [-0.2, 0) is 16.0 Å². The Kier molecular flexibility index (Phi) is 6.54. The van der Waals surface area contributed by atoms with E-state index in [-0.39, 0.29) is 17.7 Å². The predicted molar refractivity (Wildman–Crippen MR) is 121 cm³/mol. The number of anilines is 1. The topological polar surface area (TPSA) is 84.0 Å². The maximum absolute atomic E-state index is 13.0. The van der Waals surface area contributed by atoms with Gasteiger partial charge in [0.25, 0.3) is 0 Å². The van der Waals surface area contributed by atoms with Crippen LogP contribution < -0.4 is 10.6 Å². The van der Waals surface area contributed by atoms with Gasteiger partial charge in [-0.05, 0) is 30.5 Å². The molecular formula is C22H21BrN4O2S. The first-order valence-corrected chi connectivity index (χ1v) is 11.4. The van der Waals surface area contributed by atoms with Crippen molar-refractivity contribution in [2.24, 2.45) is 5.92 Å². The lowest BCUT2D eigenvalue weighted by molar-refractivity contribution is -0.131. The Balaban J connectivity index is 1.47. The summed E-state index contributed by atoms with van der Waals surface area (Å²) in [6, 6.07) is 16.8. The largest absolute Gasteiger partial charge is 0.344 e. The quantitative estimate of drug-likeness (QED) is 0.519. The summed E-state index contributed by atoms with van der Waals surface area (Å²) in [5.74, 6) is -0.325. The van der Waals surface area contributed by atoms with E-state index in [1.54, 1.807) is 0 Å². The minimum absolute atomic E-state index is 0.0146. The summed E-state index contributed by atoms with van der Waals surface area (Å²) >= 11 is 4.75. The summed E-state index contributed by atoms with van der Waals surface area (Å²) in [6.07, 6.45) is 3.26. The van der Waals surface area contributed by atoms with Crippen LogP contribution in [0.15, 0.2) is 59.1 Å². The third kappa shape index (κ3) is 5.12. The molecule has 154 valence electrons. The van der Waals surface area contributed by atoms with E-state index in [0.29, 0.717) is 16.6 Å². The fraction of sp³-hybridized carbons (Fsp3) is 0.273. The van der Waals surface area contributed by atoms with E-state index in [2.05, 4.69) is 36.8 Å². The summed E-state index contributed by atoms with van der Waals surface area (Å²) < 4.78 is 0.947. The minimum atomic E-state index is -0.668. The Morgan fingerprint density at radius 3 is 2.60 bits per heavy atom. The van der Waals surface area contributed by atoms with Gasteiger partial charge in [0.2, 0.25) is 16.9 Å². The average molecular weight is 485 g/mol. The number of aromatic nitrogens is 2. The van der Waals surface area contributed by atoms with Crippen molar-refractivity contribution in [2.75, 3.05) is 5.32 Å². The predicted octanol–water partition coefficient (Wildman–Crippen LogP) is 4.43. The molecule has 8 heteroatoms. The number of rotatable bonds is 7. The molecule has 0 saturated heterocycles. The molecule has 3 aromatic rings. The van der Waals surface area contributed by atoms with Gasteiger partial charge in [0.15, 0.2) is 0 Å². The molecule has 0 radical (unpaired) electrons. The van der Waals surface area contributed by atoms with Crippen LogP contribution in [-0.4, -0.2) is 28.1 Å². The number of benzene rings is 2. The summed E-state index contributed by atoms with van der Waals surface area (Å²) in [7, 11) is 0. The van der Waals surface area contributed by atoms with Crippen LogP contribution in [0.2, 0.25) is 0 Å². The smallest absolute Gasteiger partial charge is 0.249 e. The van der Waals surface area contributed by atoms with E-state index >= 15 is 0 Å². The van der Waals surface area contributed by atoms with Gasteiger partial charge in [0.05, 0.1) is 0 Å². The molecule has 1 fully saturated rings. The zero-order chi connectivity index (χ0) is 20.9. The van der Waals surface area contributed by atoms with Gasteiger partial charge >= 0.3 is 0 Å². The average Bonchev–Trinajstić information content (AvgIpc) is 3.15. The normalized spacial score (nSPS) is 14.6. The maximum atomic E-state index is 13.0. The molecule has 6 nitrogen and oxygen atoms in total. The molecule has 1 atom stereocenters. The second kappa shape index (κ2) is 9.49. The lowest BCUT2D eigenvalue weighted by Gasteiger charge is -2.27. The lowest BCUT2D eigenvalue weighted by atomic mass is 9.84. The number of nitrogens with one attached hydrogen (secondary N) is 2. The van der Waals surface area contributed by atoms with Crippen LogP contribution in [0.3, 0.4) is 0 Å². The third-order valence-corrected chi connectivity index (χ3v) is 6.50. The van der Waals surface area contributed by atoms with Crippen molar-refractivity contribution in [1.29, 1.82) is 0 Å². The van der Waals surface area contributed by atoms with Crippen molar-refractivity contribution in [3.05, 3.63) is 64.6 Å². The van der Waals surface area contributed by atoms with Crippen molar-refractivity contribution in [3.63, 3.8) is 0 Å². The summed E-state index contributed by atoms with van der Waals surface area (Å²) in [5, 5.41) is 15.2. The standard InChI is InChI=1S/C22H21BrN4O2S/c23-17-11-5-10-16(13-17)21-26-27-22(30-21)25-20(29)18(12-14-6-2-1-3-7-14)24-19(28)15-8-4-9-15/h1-3,5-7,10-11,13,15,18H,4,8-9,12H2,(H,24,28)(H,25,27,29).